The van der Waals surface area contributed by atoms with Crippen LogP contribution in [0, 0.1) is 5.92 Å². The molecule has 1 saturated carbocycles. The van der Waals surface area contributed by atoms with Crippen molar-refractivity contribution < 1.29 is 9.47 Å². The lowest BCUT2D eigenvalue weighted by Crippen LogP contribution is -2.48. The molecule has 3 N–H and O–H groups in total. The Morgan fingerprint density at radius 3 is 3.05 bits per heavy atom. The van der Waals surface area contributed by atoms with Crippen LogP contribution in [-0.4, -0.2) is 19.3 Å². The van der Waals surface area contributed by atoms with E-state index in [4.69, 9.17) is 15.3 Å². The van der Waals surface area contributed by atoms with Crippen molar-refractivity contribution in [3.8, 4) is 5.75 Å². The highest BCUT2D eigenvalue weighted by molar-refractivity contribution is 7.10. The summed E-state index contributed by atoms with van der Waals surface area (Å²) in [4.78, 5) is 1.21. The van der Waals surface area contributed by atoms with E-state index in [1.807, 2.05) is 6.07 Å². The molecule has 2 aliphatic rings. The lowest BCUT2D eigenvalue weighted by Gasteiger charge is -2.48. The van der Waals surface area contributed by atoms with E-state index in [9.17, 15) is 0 Å². The number of hydrogen-bond donors (Lipinski definition) is 2. The lowest BCUT2D eigenvalue weighted by molar-refractivity contribution is -0.147. The first-order valence-electron chi connectivity index (χ1n) is 6.99. The fraction of sp³-hybridized carbons (Fsp3) is 0.714. The predicted molar refractivity (Wildman–Crippen MR) is 76.2 cm³/mol. The van der Waals surface area contributed by atoms with E-state index >= 15 is 0 Å². The highest BCUT2D eigenvalue weighted by atomic mass is 32.1. The number of nitrogens with one attached hydrogen (secondary N) is 1. The van der Waals surface area contributed by atoms with E-state index in [1.165, 1.54) is 24.1 Å². The number of rotatable bonds is 4. The Hall–Kier alpha value is -0.620. The summed E-state index contributed by atoms with van der Waals surface area (Å²) in [6, 6.07) is 2.19. The van der Waals surface area contributed by atoms with Crippen molar-refractivity contribution in [3.05, 3.63) is 16.3 Å². The van der Waals surface area contributed by atoms with E-state index in [-0.39, 0.29) is 11.6 Å². The van der Waals surface area contributed by atoms with Crippen molar-refractivity contribution in [2.24, 2.45) is 11.8 Å². The molecule has 2 heterocycles. The first-order chi connectivity index (χ1) is 9.28. The number of thiophene rings is 1. The normalized spacial score (nSPS) is 26.9. The minimum atomic E-state index is 0.155. The molecule has 1 spiro atoms. The molecule has 4 nitrogen and oxygen atoms in total. The Morgan fingerprint density at radius 1 is 1.58 bits per heavy atom. The van der Waals surface area contributed by atoms with Crippen LogP contribution in [0.25, 0.3) is 0 Å². The second-order valence-electron chi connectivity index (χ2n) is 5.64. The van der Waals surface area contributed by atoms with Gasteiger partial charge in [-0.05, 0) is 49.5 Å². The predicted octanol–water partition coefficient (Wildman–Crippen LogP) is 2.61. The van der Waals surface area contributed by atoms with Gasteiger partial charge in [-0.1, -0.05) is 0 Å². The Morgan fingerprint density at radius 2 is 2.42 bits per heavy atom. The minimum Gasteiger partial charge on any atom is -0.496 e. The van der Waals surface area contributed by atoms with Gasteiger partial charge in [0.15, 0.2) is 0 Å². The number of ether oxygens (including phenoxy) is 2. The van der Waals surface area contributed by atoms with Gasteiger partial charge in [0.1, 0.15) is 5.75 Å². The third kappa shape index (κ3) is 2.40. The fourth-order valence-electron chi connectivity index (χ4n) is 3.40. The zero-order chi connectivity index (χ0) is 13.3. The Labute approximate surface area is 118 Å². The summed E-state index contributed by atoms with van der Waals surface area (Å²) in [6.45, 7) is 0.858. The maximum Gasteiger partial charge on any atom is 0.134 e. The van der Waals surface area contributed by atoms with E-state index in [0.717, 1.165) is 25.2 Å². The highest BCUT2D eigenvalue weighted by Crippen LogP contribution is 2.48. The van der Waals surface area contributed by atoms with Crippen molar-refractivity contribution in [1.29, 1.82) is 0 Å². The van der Waals surface area contributed by atoms with Gasteiger partial charge in [0, 0.05) is 6.61 Å². The number of hydrazine groups is 1. The summed E-state index contributed by atoms with van der Waals surface area (Å²) in [5.41, 5.74) is 3.16. The average Bonchev–Trinajstić information content (AvgIpc) is 2.86. The lowest BCUT2D eigenvalue weighted by atomic mass is 9.70. The van der Waals surface area contributed by atoms with Crippen LogP contribution < -0.4 is 16.0 Å². The second kappa shape index (κ2) is 5.40. The SMILES string of the molecule is COc1ccsc1C(NN)C1CCOC2(CCC2)C1. The van der Waals surface area contributed by atoms with Crippen LogP contribution in [0.15, 0.2) is 11.4 Å². The highest BCUT2D eigenvalue weighted by Gasteiger charge is 2.44. The van der Waals surface area contributed by atoms with Gasteiger partial charge in [0.05, 0.1) is 23.6 Å². The second-order valence-corrected chi connectivity index (χ2v) is 6.58. The van der Waals surface area contributed by atoms with Gasteiger partial charge in [0.2, 0.25) is 0 Å². The minimum absolute atomic E-state index is 0.155. The van der Waals surface area contributed by atoms with Crippen molar-refractivity contribution in [1.82, 2.24) is 5.43 Å². The molecule has 1 aromatic heterocycles. The first kappa shape index (κ1) is 13.4. The Bertz CT molecular complexity index is 431. The van der Waals surface area contributed by atoms with E-state index in [0.29, 0.717) is 5.92 Å². The largest absolute Gasteiger partial charge is 0.496 e. The first-order valence-corrected chi connectivity index (χ1v) is 7.87. The summed E-state index contributed by atoms with van der Waals surface area (Å²) in [5.74, 6) is 7.31. The van der Waals surface area contributed by atoms with Gasteiger partial charge in [-0.15, -0.1) is 11.3 Å². The summed E-state index contributed by atoms with van der Waals surface area (Å²) in [7, 11) is 1.72. The monoisotopic (exact) mass is 282 g/mol. The molecule has 3 rings (SSSR count). The van der Waals surface area contributed by atoms with E-state index in [1.54, 1.807) is 18.4 Å². The number of methoxy groups -OCH3 is 1. The van der Waals surface area contributed by atoms with Crippen LogP contribution >= 0.6 is 11.3 Å². The molecule has 1 aromatic rings. The van der Waals surface area contributed by atoms with Crippen LogP contribution in [-0.2, 0) is 4.74 Å². The summed E-state index contributed by atoms with van der Waals surface area (Å²) < 4.78 is 11.4. The topological polar surface area (TPSA) is 56.5 Å². The number of hydrogen-bond acceptors (Lipinski definition) is 5. The van der Waals surface area contributed by atoms with E-state index < -0.39 is 0 Å². The zero-order valence-electron chi connectivity index (χ0n) is 11.4. The summed E-state index contributed by atoms with van der Waals surface area (Å²) in [6.07, 6.45) is 5.90. The third-order valence-electron chi connectivity index (χ3n) is 4.61. The smallest absolute Gasteiger partial charge is 0.134 e. The number of nitrogens with two attached hydrogens (primary N) is 1. The van der Waals surface area contributed by atoms with Gasteiger partial charge in [-0.3, -0.25) is 11.3 Å². The van der Waals surface area contributed by atoms with Crippen LogP contribution in [0.1, 0.15) is 43.0 Å². The molecule has 1 aliphatic heterocycles. The van der Waals surface area contributed by atoms with Gasteiger partial charge < -0.3 is 9.47 Å². The molecule has 1 saturated heterocycles. The van der Waals surface area contributed by atoms with Gasteiger partial charge in [0.25, 0.3) is 0 Å². The van der Waals surface area contributed by atoms with Gasteiger partial charge >= 0.3 is 0 Å². The maximum atomic E-state index is 6.00. The maximum absolute atomic E-state index is 6.00. The van der Waals surface area contributed by atoms with Crippen molar-refractivity contribution in [2.45, 2.75) is 43.7 Å². The van der Waals surface area contributed by atoms with Gasteiger partial charge in [-0.2, -0.15) is 0 Å². The molecule has 0 amide bonds. The van der Waals surface area contributed by atoms with Crippen molar-refractivity contribution >= 4 is 11.3 Å². The van der Waals surface area contributed by atoms with Crippen LogP contribution in [0.3, 0.4) is 0 Å². The third-order valence-corrected chi connectivity index (χ3v) is 5.59. The molecule has 2 atom stereocenters. The zero-order valence-corrected chi connectivity index (χ0v) is 12.2. The standard InChI is InChI=1S/C14H22N2O2S/c1-17-11-4-8-19-13(11)12(16-15)10-3-7-18-14(9-10)5-2-6-14/h4,8,10,12,16H,2-3,5-7,9,15H2,1H3. The average molecular weight is 282 g/mol. The Kier molecular flexibility index (Phi) is 3.80. The Balaban J connectivity index is 1.78. The molecular weight excluding hydrogens is 260 g/mol. The molecule has 0 bridgehead atoms. The van der Waals surface area contributed by atoms with Crippen molar-refractivity contribution in [3.63, 3.8) is 0 Å². The summed E-state index contributed by atoms with van der Waals surface area (Å²) in [5, 5.41) is 2.07. The summed E-state index contributed by atoms with van der Waals surface area (Å²) >= 11 is 1.72. The van der Waals surface area contributed by atoms with Crippen LogP contribution in [0.4, 0.5) is 0 Å². The molecule has 0 radical (unpaired) electrons. The molecule has 106 valence electrons. The molecular formula is C14H22N2O2S. The molecule has 2 unspecified atom stereocenters. The molecule has 2 fully saturated rings. The molecule has 5 heteroatoms. The molecule has 19 heavy (non-hydrogen) atoms. The fourth-order valence-corrected chi connectivity index (χ4v) is 4.41. The van der Waals surface area contributed by atoms with Crippen LogP contribution in [0.2, 0.25) is 0 Å². The van der Waals surface area contributed by atoms with Crippen molar-refractivity contribution in [2.75, 3.05) is 13.7 Å². The van der Waals surface area contributed by atoms with E-state index in [2.05, 4.69) is 10.8 Å². The quantitative estimate of drug-likeness (QED) is 0.658. The van der Waals surface area contributed by atoms with Gasteiger partial charge in [-0.25, -0.2) is 0 Å². The molecule has 1 aliphatic carbocycles. The van der Waals surface area contributed by atoms with Crippen LogP contribution in [0.5, 0.6) is 5.75 Å². The molecule has 0 aromatic carbocycles.